The Bertz CT molecular complexity index is 238. The molecule has 0 aromatic heterocycles. The Morgan fingerprint density at radius 1 is 1.50 bits per heavy atom. The average Bonchev–Trinajstić information content (AvgIpc) is 2.16. The number of halogens is 1. The molecule has 0 aromatic rings. The fourth-order valence-corrected chi connectivity index (χ4v) is 2.16. The van der Waals surface area contributed by atoms with E-state index in [2.05, 4.69) is 22.6 Å². The fraction of sp³-hybridized carbons (Fsp3) is 0.909. The Kier molecular flexibility index (Phi) is 5.30. The lowest BCUT2D eigenvalue weighted by Crippen LogP contribution is -2.45. The van der Waals surface area contributed by atoms with E-state index >= 15 is 0 Å². The van der Waals surface area contributed by atoms with E-state index in [1.54, 1.807) is 4.90 Å². The summed E-state index contributed by atoms with van der Waals surface area (Å²) >= 11 is 2.18. The third-order valence-corrected chi connectivity index (χ3v) is 2.69. The highest BCUT2D eigenvalue weighted by Crippen LogP contribution is 2.17. The number of hydrogen-bond donors (Lipinski definition) is 0. The Labute approximate surface area is 111 Å². The lowest BCUT2D eigenvalue weighted by atomic mass is 10.1. The second kappa shape index (κ2) is 6.05. The van der Waals surface area contributed by atoms with Crippen molar-refractivity contribution >= 4 is 28.7 Å². The van der Waals surface area contributed by atoms with Crippen LogP contribution >= 0.6 is 22.6 Å². The summed E-state index contributed by atoms with van der Waals surface area (Å²) in [5, 5.41) is 0. The molecule has 16 heavy (non-hydrogen) atoms. The van der Waals surface area contributed by atoms with Gasteiger partial charge in [0.2, 0.25) is 0 Å². The quantitative estimate of drug-likeness (QED) is 0.573. The summed E-state index contributed by atoms with van der Waals surface area (Å²) in [6, 6.07) is 0. The van der Waals surface area contributed by atoms with Crippen LogP contribution in [0.1, 0.15) is 33.6 Å². The summed E-state index contributed by atoms with van der Waals surface area (Å²) in [5.74, 6) is 0. The molecule has 1 aliphatic heterocycles. The number of ether oxygens (including phenoxy) is 2. The summed E-state index contributed by atoms with van der Waals surface area (Å²) in [5.41, 5.74) is -0.422. The Morgan fingerprint density at radius 3 is 2.75 bits per heavy atom. The van der Waals surface area contributed by atoms with E-state index in [4.69, 9.17) is 9.47 Å². The van der Waals surface area contributed by atoms with E-state index in [1.807, 2.05) is 20.8 Å². The van der Waals surface area contributed by atoms with Gasteiger partial charge in [-0.25, -0.2) is 4.79 Å². The molecule has 1 unspecified atom stereocenters. The number of alkyl halides is 1. The van der Waals surface area contributed by atoms with Crippen molar-refractivity contribution in [3.05, 3.63) is 0 Å². The molecule has 1 fully saturated rings. The Hall–Kier alpha value is -0.0400. The molecule has 1 amide bonds. The summed E-state index contributed by atoms with van der Waals surface area (Å²) in [6.45, 7) is 7.07. The monoisotopic (exact) mass is 341 g/mol. The van der Waals surface area contributed by atoms with Crippen molar-refractivity contribution in [3.63, 3.8) is 0 Å². The minimum Gasteiger partial charge on any atom is -0.444 e. The Morgan fingerprint density at radius 2 is 2.19 bits per heavy atom. The number of carbonyl (C=O) groups excluding carboxylic acids is 1. The van der Waals surface area contributed by atoms with E-state index in [0.717, 1.165) is 19.4 Å². The standard InChI is InChI=1S/C11H20INO3/c1-11(2,3)16-10(14)13-6-4-5-9(7-13)15-8-12/h9H,4-8H2,1-3H3. The van der Waals surface area contributed by atoms with Gasteiger partial charge in [-0.3, -0.25) is 0 Å². The molecule has 0 radical (unpaired) electrons. The second-order valence-corrected chi connectivity index (χ2v) is 5.59. The van der Waals surface area contributed by atoms with Gasteiger partial charge in [-0.05, 0) is 33.6 Å². The van der Waals surface area contributed by atoms with Gasteiger partial charge in [0.25, 0.3) is 0 Å². The van der Waals surface area contributed by atoms with Crippen LogP contribution in [0.4, 0.5) is 4.79 Å². The largest absolute Gasteiger partial charge is 0.444 e. The summed E-state index contributed by atoms with van der Waals surface area (Å²) in [6.07, 6.45) is 1.95. The maximum Gasteiger partial charge on any atom is 0.410 e. The van der Waals surface area contributed by atoms with Crippen LogP contribution < -0.4 is 0 Å². The van der Waals surface area contributed by atoms with Crippen LogP contribution in [0.2, 0.25) is 0 Å². The van der Waals surface area contributed by atoms with Crippen LogP contribution in [-0.2, 0) is 9.47 Å². The molecule has 1 saturated heterocycles. The van der Waals surface area contributed by atoms with Gasteiger partial charge in [0.1, 0.15) is 5.60 Å². The van der Waals surface area contributed by atoms with Gasteiger partial charge < -0.3 is 14.4 Å². The van der Waals surface area contributed by atoms with Gasteiger partial charge in [-0.2, -0.15) is 0 Å². The molecular weight excluding hydrogens is 321 g/mol. The van der Waals surface area contributed by atoms with Gasteiger partial charge in [0, 0.05) is 6.54 Å². The van der Waals surface area contributed by atoms with Crippen molar-refractivity contribution in [1.29, 1.82) is 0 Å². The SMILES string of the molecule is CC(C)(C)OC(=O)N1CCCC(OCI)C1. The topological polar surface area (TPSA) is 38.8 Å². The average molecular weight is 341 g/mol. The van der Waals surface area contributed by atoms with Crippen molar-refractivity contribution in [2.45, 2.75) is 45.3 Å². The second-order valence-electron chi connectivity index (χ2n) is 4.97. The first kappa shape index (κ1) is 14.0. The molecule has 1 heterocycles. The van der Waals surface area contributed by atoms with Gasteiger partial charge in [-0.1, -0.05) is 22.6 Å². The molecule has 0 aromatic carbocycles. The molecular formula is C11H20INO3. The molecule has 0 N–H and O–H groups in total. The van der Waals surface area contributed by atoms with Crippen LogP contribution in [-0.4, -0.2) is 40.4 Å². The highest BCUT2D eigenvalue weighted by atomic mass is 127. The zero-order valence-corrected chi connectivity index (χ0v) is 12.3. The number of likely N-dealkylation sites (tertiary alicyclic amines) is 1. The highest BCUT2D eigenvalue weighted by Gasteiger charge is 2.27. The van der Waals surface area contributed by atoms with E-state index < -0.39 is 5.60 Å². The molecule has 5 heteroatoms. The summed E-state index contributed by atoms with van der Waals surface area (Å²) < 4.78 is 11.5. The van der Waals surface area contributed by atoms with Crippen molar-refractivity contribution in [3.8, 4) is 0 Å². The van der Waals surface area contributed by atoms with E-state index in [9.17, 15) is 4.79 Å². The molecule has 1 aliphatic rings. The lowest BCUT2D eigenvalue weighted by Gasteiger charge is -2.33. The minimum atomic E-state index is -0.422. The van der Waals surface area contributed by atoms with Crippen molar-refractivity contribution < 1.29 is 14.3 Å². The van der Waals surface area contributed by atoms with Gasteiger partial charge in [0.05, 0.1) is 17.3 Å². The van der Waals surface area contributed by atoms with E-state index in [-0.39, 0.29) is 12.2 Å². The first-order valence-corrected chi connectivity index (χ1v) is 7.10. The van der Waals surface area contributed by atoms with Crippen LogP contribution in [0.15, 0.2) is 0 Å². The van der Waals surface area contributed by atoms with E-state index in [0.29, 0.717) is 11.2 Å². The van der Waals surface area contributed by atoms with Crippen LogP contribution in [0, 0.1) is 0 Å². The highest BCUT2D eigenvalue weighted by molar-refractivity contribution is 14.1. The zero-order valence-electron chi connectivity index (χ0n) is 10.2. The summed E-state index contributed by atoms with van der Waals surface area (Å²) in [4.78, 5) is 13.6. The van der Waals surface area contributed by atoms with Crippen LogP contribution in [0.25, 0.3) is 0 Å². The van der Waals surface area contributed by atoms with Crippen molar-refractivity contribution in [1.82, 2.24) is 4.90 Å². The van der Waals surface area contributed by atoms with E-state index in [1.165, 1.54) is 0 Å². The number of nitrogens with zero attached hydrogens (tertiary/aromatic N) is 1. The minimum absolute atomic E-state index is 0.165. The maximum absolute atomic E-state index is 11.8. The molecule has 0 bridgehead atoms. The smallest absolute Gasteiger partial charge is 0.410 e. The molecule has 94 valence electrons. The lowest BCUT2D eigenvalue weighted by molar-refractivity contribution is -0.00762. The number of rotatable bonds is 2. The number of carbonyl (C=O) groups is 1. The number of hydrogen-bond acceptors (Lipinski definition) is 3. The van der Waals surface area contributed by atoms with Gasteiger partial charge >= 0.3 is 6.09 Å². The fourth-order valence-electron chi connectivity index (χ4n) is 1.66. The van der Waals surface area contributed by atoms with Crippen LogP contribution in [0.3, 0.4) is 0 Å². The number of piperidine rings is 1. The van der Waals surface area contributed by atoms with Crippen molar-refractivity contribution in [2.75, 3.05) is 17.7 Å². The third kappa shape index (κ3) is 4.86. The third-order valence-electron chi connectivity index (χ3n) is 2.33. The predicted molar refractivity (Wildman–Crippen MR) is 70.8 cm³/mol. The summed E-state index contributed by atoms with van der Waals surface area (Å²) in [7, 11) is 0. The van der Waals surface area contributed by atoms with Gasteiger partial charge in [-0.15, -0.1) is 0 Å². The molecule has 1 rings (SSSR count). The van der Waals surface area contributed by atoms with Gasteiger partial charge in [0.15, 0.2) is 0 Å². The first-order valence-electron chi connectivity index (χ1n) is 5.58. The predicted octanol–water partition coefficient (Wildman–Crippen LogP) is 2.80. The molecule has 0 aliphatic carbocycles. The molecule has 1 atom stereocenters. The Balaban J connectivity index is 2.44. The van der Waals surface area contributed by atoms with Crippen LogP contribution in [0.5, 0.6) is 0 Å². The molecule has 0 spiro atoms. The zero-order chi connectivity index (χ0) is 12.2. The molecule has 4 nitrogen and oxygen atoms in total. The van der Waals surface area contributed by atoms with Crippen molar-refractivity contribution in [2.24, 2.45) is 0 Å². The first-order chi connectivity index (χ1) is 7.42. The number of amides is 1. The molecule has 0 saturated carbocycles. The normalized spacial score (nSPS) is 22.0. The maximum atomic E-state index is 11.8.